The zero-order valence-electron chi connectivity index (χ0n) is 22.6. The lowest BCUT2D eigenvalue weighted by Gasteiger charge is -2.43. The molecule has 0 aromatic heterocycles. The third-order valence-electron chi connectivity index (χ3n) is 8.28. The number of para-hydroxylation sites is 2. The monoisotopic (exact) mass is 529 g/mol. The predicted molar refractivity (Wildman–Crippen MR) is 150 cm³/mol. The molecule has 3 aliphatic rings. The largest absolute Gasteiger partial charge is 0.507 e. The molecule has 2 saturated heterocycles. The lowest BCUT2D eigenvalue weighted by atomic mass is 9.58. The van der Waals surface area contributed by atoms with Crippen LogP contribution in [0.25, 0.3) is 6.08 Å². The molecule has 2 aliphatic heterocycles. The number of benzene rings is 2. The highest BCUT2D eigenvalue weighted by molar-refractivity contribution is 6.43. The first-order chi connectivity index (χ1) is 18.9. The van der Waals surface area contributed by atoms with Crippen LogP contribution in [-0.2, 0) is 14.2 Å². The molecule has 2 aromatic rings. The van der Waals surface area contributed by atoms with Crippen LogP contribution < -0.4 is 4.74 Å². The van der Waals surface area contributed by atoms with Gasteiger partial charge < -0.3 is 19.5 Å². The number of hydrogen-bond acceptors (Lipinski definition) is 6. The number of phenols is 1. The van der Waals surface area contributed by atoms with E-state index >= 15 is 0 Å². The number of fused-ring (bicyclic) bond motifs is 3. The first-order valence-electron chi connectivity index (χ1n) is 13.9. The Morgan fingerprint density at radius 2 is 1.82 bits per heavy atom. The van der Waals surface area contributed by atoms with E-state index in [2.05, 4.69) is 6.92 Å². The van der Waals surface area contributed by atoms with Crippen LogP contribution in [0.4, 0.5) is 0 Å². The van der Waals surface area contributed by atoms with Crippen LogP contribution in [0, 0.1) is 17.8 Å². The number of likely N-dealkylation sites (tertiary alicyclic amines) is 1. The average Bonchev–Trinajstić information content (AvgIpc) is 3.15. The zero-order chi connectivity index (χ0) is 27.5. The predicted octanol–water partition coefficient (Wildman–Crippen LogP) is 4.86. The quantitative estimate of drug-likeness (QED) is 0.274. The van der Waals surface area contributed by atoms with Crippen molar-refractivity contribution in [3.63, 3.8) is 0 Å². The van der Waals surface area contributed by atoms with E-state index in [4.69, 9.17) is 9.39 Å². The van der Waals surface area contributed by atoms with E-state index in [1.165, 1.54) is 10.5 Å². The number of nitrogens with zero attached hydrogens (tertiary/aromatic N) is 1. The molecule has 1 aliphatic carbocycles. The van der Waals surface area contributed by atoms with E-state index < -0.39 is 25.1 Å². The van der Waals surface area contributed by atoms with E-state index in [0.29, 0.717) is 25.9 Å². The third-order valence-corrected chi connectivity index (χ3v) is 8.28. The Hall–Kier alpha value is -3.36. The molecule has 2 amide bonds. The summed E-state index contributed by atoms with van der Waals surface area (Å²) >= 11 is 0. The molecule has 0 radical (unpaired) electrons. The van der Waals surface area contributed by atoms with Crippen LogP contribution >= 0.6 is 0 Å². The van der Waals surface area contributed by atoms with Crippen molar-refractivity contribution in [3.8, 4) is 11.5 Å². The van der Waals surface area contributed by atoms with E-state index in [9.17, 15) is 19.7 Å². The SMILES string of the molecule is CCC/C(=C\c1ccccc1O)CC[C@H]1OB(O)C[C@H]2C1=C(COc1ccccc1)C[C@H]1C(=O)N(C)C(=O)[C@H]12. The van der Waals surface area contributed by atoms with Gasteiger partial charge in [0.15, 0.2) is 0 Å². The van der Waals surface area contributed by atoms with Crippen molar-refractivity contribution in [2.75, 3.05) is 13.7 Å². The molecule has 0 spiro atoms. The molecule has 0 bridgehead atoms. The topological polar surface area (TPSA) is 96.3 Å². The second-order valence-electron chi connectivity index (χ2n) is 10.8. The van der Waals surface area contributed by atoms with Crippen molar-refractivity contribution < 1.29 is 29.1 Å². The van der Waals surface area contributed by atoms with Gasteiger partial charge in [0.05, 0.1) is 17.9 Å². The Kier molecular flexibility index (Phi) is 8.24. The number of ether oxygens (including phenoxy) is 1. The highest BCUT2D eigenvalue weighted by atomic mass is 16.5. The number of aromatic hydroxyl groups is 1. The fourth-order valence-electron chi connectivity index (χ4n) is 6.48. The maximum absolute atomic E-state index is 13.2. The van der Waals surface area contributed by atoms with Crippen LogP contribution in [0.5, 0.6) is 11.5 Å². The first kappa shape index (κ1) is 27.2. The van der Waals surface area contributed by atoms with E-state index in [1.807, 2.05) is 48.5 Å². The van der Waals surface area contributed by atoms with Crippen molar-refractivity contribution in [3.05, 3.63) is 76.9 Å². The van der Waals surface area contributed by atoms with Crippen LogP contribution in [0.2, 0.25) is 6.32 Å². The van der Waals surface area contributed by atoms with Crippen LogP contribution in [0.3, 0.4) is 0 Å². The summed E-state index contributed by atoms with van der Waals surface area (Å²) in [6.45, 7) is 2.42. The van der Waals surface area contributed by atoms with Gasteiger partial charge in [-0.15, -0.1) is 0 Å². The van der Waals surface area contributed by atoms with Gasteiger partial charge >= 0.3 is 7.12 Å². The van der Waals surface area contributed by atoms with Crippen molar-refractivity contribution >= 4 is 25.0 Å². The molecule has 2 fully saturated rings. The van der Waals surface area contributed by atoms with Crippen LogP contribution in [0.15, 0.2) is 71.3 Å². The number of amides is 2. The van der Waals surface area contributed by atoms with Crippen LogP contribution in [-0.4, -0.2) is 53.7 Å². The van der Waals surface area contributed by atoms with E-state index in [-0.39, 0.29) is 29.8 Å². The van der Waals surface area contributed by atoms with Gasteiger partial charge in [-0.05, 0) is 67.3 Å². The lowest BCUT2D eigenvalue weighted by Crippen LogP contribution is -2.46. The summed E-state index contributed by atoms with van der Waals surface area (Å²) in [5.74, 6) is -0.543. The normalized spacial score (nSPS) is 25.2. The number of carbonyl (C=O) groups excluding carboxylic acids is 2. The summed E-state index contributed by atoms with van der Waals surface area (Å²) in [6.07, 6.45) is 5.53. The van der Waals surface area contributed by atoms with Gasteiger partial charge in [0, 0.05) is 12.6 Å². The molecule has 0 unspecified atom stereocenters. The highest BCUT2D eigenvalue weighted by Gasteiger charge is 2.56. The standard InChI is InChI=1S/C31H36BNO6/c1-3-9-20(16-21-10-7-8-13-26(21)34)14-15-27-28-22(19-38-23-11-5-4-6-12-23)17-24-29(25(28)18-32(37)39-27)31(36)33(2)30(24)35/h4-8,10-13,16,24-25,27,29,34,37H,3,9,14-15,17-19H2,1-2H3/b20-16+/t24-,25+,27-,29-/m1/s1. The Morgan fingerprint density at radius 3 is 2.56 bits per heavy atom. The maximum atomic E-state index is 13.2. The third kappa shape index (κ3) is 5.68. The summed E-state index contributed by atoms with van der Waals surface area (Å²) in [6, 6.07) is 16.8. The second kappa shape index (κ2) is 11.8. The Morgan fingerprint density at radius 1 is 1.08 bits per heavy atom. The smallest absolute Gasteiger partial charge is 0.455 e. The molecule has 39 heavy (non-hydrogen) atoms. The first-order valence-corrected chi connectivity index (χ1v) is 13.9. The fourth-order valence-corrected chi connectivity index (χ4v) is 6.48. The van der Waals surface area contributed by atoms with Gasteiger partial charge in [-0.1, -0.05) is 61.4 Å². The average molecular weight is 529 g/mol. The summed E-state index contributed by atoms with van der Waals surface area (Å²) in [7, 11) is 0.543. The molecular formula is C31H36BNO6. The molecule has 0 saturated carbocycles. The number of phenolic OH excluding ortho intramolecular Hbond substituents is 1. The van der Waals surface area contributed by atoms with Crippen LogP contribution in [0.1, 0.15) is 44.6 Å². The van der Waals surface area contributed by atoms with E-state index in [0.717, 1.165) is 35.3 Å². The van der Waals surface area contributed by atoms with Gasteiger partial charge in [0.1, 0.15) is 18.1 Å². The molecule has 8 heteroatoms. The maximum Gasteiger partial charge on any atom is 0.455 e. The molecule has 2 N–H and O–H groups in total. The molecule has 4 atom stereocenters. The Balaban J connectivity index is 1.46. The summed E-state index contributed by atoms with van der Waals surface area (Å²) in [5.41, 5.74) is 3.95. The summed E-state index contributed by atoms with van der Waals surface area (Å²) in [4.78, 5) is 27.5. The second-order valence-corrected chi connectivity index (χ2v) is 10.8. The van der Waals surface area contributed by atoms with Gasteiger partial charge in [-0.25, -0.2) is 0 Å². The summed E-state index contributed by atoms with van der Waals surface area (Å²) < 4.78 is 12.3. The highest BCUT2D eigenvalue weighted by Crippen LogP contribution is 2.50. The van der Waals surface area contributed by atoms with Gasteiger partial charge in [-0.2, -0.15) is 0 Å². The summed E-state index contributed by atoms with van der Waals surface area (Å²) in [5, 5.41) is 21.0. The fraction of sp³-hybridized carbons (Fsp3) is 0.419. The Labute approximate surface area is 230 Å². The lowest BCUT2D eigenvalue weighted by molar-refractivity contribution is -0.138. The molecular weight excluding hydrogens is 493 g/mol. The molecule has 2 heterocycles. The van der Waals surface area contributed by atoms with Crippen molar-refractivity contribution in [1.29, 1.82) is 0 Å². The Bertz CT molecular complexity index is 1270. The number of imide groups is 1. The molecule has 204 valence electrons. The minimum Gasteiger partial charge on any atom is -0.507 e. The number of hydrogen-bond donors (Lipinski definition) is 2. The number of carbonyl (C=O) groups is 2. The van der Waals surface area contributed by atoms with Crippen molar-refractivity contribution in [1.82, 2.24) is 4.90 Å². The van der Waals surface area contributed by atoms with Crippen molar-refractivity contribution in [2.45, 2.75) is 51.5 Å². The molecule has 7 nitrogen and oxygen atoms in total. The minimum absolute atomic E-state index is 0.158. The molecule has 5 rings (SSSR count). The van der Waals surface area contributed by atoms with Gasteiger partial charge in [-0.3, -0.25) is 14.5 Å². The van der Waals surface area contributed by atoms with E-state index in [1.54, 1.807) is 19.2 Å². The number of rotatable bonds is 9. The van der Waals surface area contributed by atoms with Crippen molar-refractivity contribution in [2.24, 2.45) is 17.8 Å². The minimum atomic E-state index is -1.01. The van der Waals surface area contributed by atoms with Gasteiger partial charge in [0.25, 0.3) is 0 Å². The molecule has 2 aromatic carbocycles. The number of allylic oxidation sites excluding steroid dienone is 1. The van der Waals surface area contributed by atoms with Gasteiger partial charge in [0.2, 0.25) is 11.8 Å². The zero-order valence-corrected chi connectivity index (χ0v) is 22.6.